The maximum Gasteiger partial charge on any atom is 0.237 e. The second kappa shape index (κ2) is 5.38. The van der Waals surface area contributed by atoms with E-state index in [4.69, 9.17) is 10.7 Å². The van der Waals surface area contributed by atoms with Crippen LogP contribution in [-0.2, 0) is 20.4 Å². The lowest BCUT2D eigenvalue weighted by Gasteiger charge is -2.16. The van der Waals surface area contributed by atoms with Crippen molar-refractivity contribution in [2.45, 2.75) is 18.2 Å². The van der Waals surface area contributed by atoms with E-state index in [-0.39, 0.29) is 25.4 Å². The number of rotatable bonds is 3. The van der Waals surface area contributed by atoms with Gasteiger partial charge in [0.05, 0.1) is 4.47 Å². The average molecular weight is 371 g/mol. The Kier molecular flexibility index (Phi) is 4.17. The molecule has 0 spiro atoms. The Hall–Kier alpha value is -0.660. The fourth-order valence-electron chi connectivity index (χ4n) is 1.94. The van der Waals surface area contributed by atoms with Crippen LogP contribution >= 0.6 is 26.6 Å². The Balaban J connectivity index is 2.12. The number of hydrogen-bond donors (Lipinski definition) is 0. The van der Waals surface area contributed by atoms with Gasteiger partial charge in [-0.3, -0.25) is 4.79 Å². The molecule has 2 rings (SSSR count). The standard InChI is InChI=1S/C11H10BrClFNO3S/c12-9-3-7(1-2-10(9)14)5-15-6-8(4-11(15)16)19(13,17)18/h1-3,8H,4-6H2. The number of halogens is 3. The third-order valence-corrected chi connectivity index (χ3v) is 5.41. The predicted octanol–water partition coefficient (Wildman–Crippen LogP) is 2.26. The number of likely N-dealkylation sites (tertiary alicyclic amines) is 1. The Labute approximate surface area is 123 Å². The third-order valence-electron chi connectivity index (χ3n) is 2.93. The monoisotopic (exact) mass is 369 g/mol. The molecule has 8 heteroatoms. The summed E-state index contributed by atoms with van der Waals surface area (Å²) in [5, 5.41) is -0.870. The first-order chi connectivity index (χ1) is 8.77. The molecule has 104 valence electrons. The lowest BCUT2D eigenvalue weighted by molar-refractivity contribution is -0.128. The zero-order chi connectivity index (χ0) is 14.2. The average Bonchev–Trinajstić information content (AvgIpc) is 2.65. The topological polar surface area (TPSA) is 54.5 Å². The van der Waals surface area contributed by atoms with Gasteiger partial charge < -0.3 is 4.90 Å². The lowest BCUT2D eigenvalue weighted by Crippen LogP contribution is -2.26. The van der Waals surface area contributed by atoms with Crippen molar-refractivity contribution in [1.29, 1.82) is 0 Å². The van der Waals surface area contributed by atoms with Crippen molar-refractivity contribution in [3.63, 3.8) is 0 Å². The van der Waals surface area contributed by atoms with Gasteiger partial charge in [0.15, 0.2) is 0 Å². The van der Waals surface area contributed by atoms with Gasteiger partial charge in [0, 0.05) is 30.2 Å². The van der Waals surface area contributed by atoms with Crippen LogP contribution in [0.3, 0.4) is 0 Å². The van der Waals surface area contributed by atoms with E-state index in [2.05, 4.69) is 15.9 Å². The van der Waals surface area contributed by atoms with Crippen LogP contribution in [0.25, 0.3) is 0 Å². The molecule has 1 amide bonds. The molecule has 0 saturated carbocycles. The third kappa shape index (κ3) is 3.46. The summed E-state index contributed by atoms with van der Waals surface area (Å²) in [6.45, 7) is 0.306. The van der Waals surface area contributed by atoms with E-state index in [1.807, 2.05) is 0 Å². The molecule has 0 radical (unpaired) electrons. The van der Waals surface area contributed by atoms with E-state index in [0.717, 1.165) is 0 Å². The Morgan fingerprint density at radius 3 is 2.68 bits per heavy atom. The predicted molar refractivity (Wildman–Crippen MR) is 72.7 cm³/mol. The number of amides is 1. The SMILES string of the molecule is O=C1CC(S(=O)(=O)Cl)CN1Cc1ccc(F)c(Br)c1. The van der Waals surface area contributed by atoms with Crippen LogP contribution in [0, 0.1) is 5.82 Å². The fraction of sp³-hybridized carbons (Fsp3) is 0.364. The van der Waals surface area contributed by atoms with Gasteiger partial charge >= 0.3 is 0 Å². The van der Waals surface area contributed by atoms with Crippen LogP contribution in [-0.4, -0.2) is 31.0 Å². The molecule has 19 heavy (non-hydrogen) atoms. The summed E-state index contributed by atoms with van der Waals surface area (Å²) < 4.78 is 35.8. The van der Waals surface area contributed by atoms with Crippen molar-refractivity contribution in [3.8, 4) is 0 Å². The smallest absolute Gasteiger partial charge is 0.237 e. The van der Waals surface area contributed by atoms with Gasteiger partial charge in [0.1, 0.15) is 11.1 Å². The highest BCUT2D eigenvalue weighted by Gasteiger charge is 2.37. The highest BCUT2D eigenvalue weighted by molar-refractivity contribution is 9.10. The van der Waals surface area contributed by atoms with Gasteiger partial charge in [-0.15, -0.1) is 0 Å². The van der Waals surface area contributed by atoms with E-state index in [0.29, 0.717) is 10.0 Å². The van der Waals surface area contributed by atoms with Crippen LogP contribution in [0.2, 0.25) is 0 Å². The first kappa shape index (κ1) is 14.7. The zero-order valence-electron chi connectivity index (χ0n) is 9.64. The molecule has 1 heterocycles. The summed E-state index contributed by atoms with van der Waals surface area (Å²) in [4.78, 5) is 13.1. The molecule has 0 aromatic heterocycles. The summed E-state index contributed by atoms with van der Waals surface area (Å²) in [7, 11) is 1.52. The number of benzene rings is 1. The molecule has 1 fully saturated rings. The van der Waals surface area contributed by atoms with Crippen LogP contribution < -0.4 is 0 Å². The number of hydrogen-bond acceptors (Lipinski definition) is 3. The van der Waals surface area contributed by atoms with Crippen LogP contribution in [0.1, 0.15) is 12.0 Å². The highest BCUT2D eigenvalue weighted by atomic mass is 79.9. The Morgan fingerprint density at radius 2 is 2.16 bits per heavy atom. The second-order valence-corrected chi connectivity index (χ2v) is 8.09. The quantitative estimate of drug-likeness (QED) is 0.767. The van der Waals surface area contributed by atoms with Crippen molar-refractivity contribution in [2.24, 2.45) is 0 Å². The van der Waals surface area contributed by atoms with E-state index in [9.17, 15) is 17.6 Å². The largest absolute Gasteiger partial charge is 0.337 e. The van der Waals surface area contributed by atoms with Gasteiger partial charge in [-0.05, 0) is 33.6 Å². The Morgan fingerprint density at radius 1 is 1.47 bits per heavy atom. The van der Waals surface area contributed by atoms with Crippen molar-refractivity contribution >= 4 is 41.6 Å². The van der Waals surface area contributed by atoms with E-state index < -0.39 is 20.1 Å². The first-order valence-electron chi connectivity index (χ1n) is 5.42. The van der Waals surface area contributed by atoms with E-state index in [1.165, 1.54) is 11.0 Å². The molecule has 1 saturated heterocycles. The first-order valence-corrected chi connectivity index (χ1v) is 8.59. The Bertz CT molecular complexity index is 622. The molecule has 1 atom stereocenters. The molecule has 0 N–H and O–H groups in total. The normalized spacial score (nSPS) is 20.1. The van der Waals surface area contributed by atoms with E-state index in [1.54, 1.807) is 12.1 Å². The maximum absolute atomic E-state index is 13.1. The van der Waals surface area contributed by atoms with Gasteiger partial charge in [0.25, 0.3) is 0 Å². The summed E-state index contributed by atoms with van der Waals surface area (Å²) in [6, 6.07) is 4.40. The van der Waals surface area contributed by atoms with Crippen LogP contribution in [0.4, 0.5) is 4.39 Å². The molecule has 1 unspecified atom stereocenters. The molecule has 0 aliphatic carbocycles. The molecule has 1 aromatic carbocycles. The fourth-order valence-corrected chi connectivity index (χ4v) is 3.42. The summed E-state index contributed by atoms with van der Waals surface area (Å²) in [6.07, 6.45) is -0.103. The van der Waals surface area contributed by atoms with Crippen molar-refractivity contribution in [1.82, 2.24) is 4.90 Å². The maximum atomic E-state index is 13.1. The summed E-state index contributed by atoms with van der Waals surface area (Å²) >= 11 is 3.06. The summed E-state index contributed by atoms with van der Waals surface area (Å²) in [5.41, 5.74) is 0.717. The summed E-state index contributed by atoms with van der Waals surface area (Å²) in [5.74, 6) is -0.660. The van der Waals surface area contributed by atoms with E-state index >= 15 is 0 Å². The van der Waals surface area contributed by atoms with Crippen LogP contribution in [0.15, 0.2) is 22.7 Å². The number of nitrogens with zero attached hydrogens (tertiary/aromatic N) is 1. The minimum absolute atomic E-state index is 0.0691. The number of carbonyl (C=O) groups excluding carboxylic acids is 1. The molecule has 0 bridgehead atoms. The van der Waals surface area contributed by atoms with Crippen molar-refractivity contribution in [3.05, 3.63) is 34.1 Å². The molecule has 1 aliphatic rings. The minimum atomic E-state index is -3.74. The minimum Gasteiger partial charge on any atom is -0.337 e. The molecule has 4 nitrogen and oxygen atoms in total. The molecule has 1 aliphatic heterocycles. The zero-order valence-corrected chi connectivity index (χ0v) is 12.8. The lowest BCUT2D eigenvalue weighted by atomic mass is 10.2. The molecular weight excluding hydrogens is 361 g/mol. The van der Waals surface area contributed by atoms with Gasteiger partial charge in [-0.1, -0.05) is 6.07 Å². The van der Waals surface area contributed by atoms with Crippen molar-refractivity contribution < 1.29 is 17.6 Å². The van der Waals surface area contributed by atoms with Crippen molar-refractivity contribution in [2.75, 3.05) is 6.54 Å². The van der Waals surface area contributed by atoms with Crippen LogP contribution in [0.5, 0.6) is 0 Å². The highest BCUT2D eigenvalue weighted by Crippen LogP contribution is 2.24. The van der Waals surface area contributed by atoms with Gasteiger partial charge in [0.2, 0.25) is 15.0 Å². The number of carbonyl (C=O) groups is 1. The van der Waals surface area contributed by atoms with Gasteiger partial charge in [-0.25, -0.2) is 12.8 Å². The van der Waals surface area contributed by atoms with Gasteiger partial charge in [-0.2, -0.15) is 0 Å². The molecule has 1 aromatic rings. The second-order valence-electron chi connectivity index (χ2n) is 4.32. The molecular formula is C11H10BrClFNO3S.